The topological polar surface area (TPSA) is 38.9 Å². The lowest BCUT2D eigenvalue weighted by Crippen LogP contribution is -2.12. The quantitative estimate of drug-likeness (QED) is 0.903. The molecule has 98 valence electrons. The fourth-order valence-electron chi connectivity index (χ4n) is 1.95. The number of hydrogen-bond donors (Lipinski definition) is 1. The van der Waals surface area contributed by atoms with Gasteiger partial charge >= 0.3 is 0 Å². The normalized spacial score (nSPS) is 12.4. The maximum absolute atomic E-state index is 6.17. The van der Waals surface area contributed by atoms with Crippen LogP contribution in [0.5, 0.6) is 0 Å². The third kappa shape index (κ3) is 3.69. The fraction of sp³-hybridized carbons (Fsp3) is 0.400. The van der Waals surface area contributed by atoms with E-state index in [-0.39, 0.29) is 18.4 Å². The minimum Gasteiger partial charge on any atom is -0.323 e. The molecule has 1 aromatic heterocycles. The molecule has 0 fully saturated rings. The number of para-hydroxylation sites is 1. The van der Waals surface area contributed by atoms with E-state index in [2.05, 4.69) is 31.0 Å². The first-order valence-corrected chi connectivity index (χ1v) is 6.28. The molecular formula is C15H21ClN2. The first-order valence-electron chi connectivity index (χ1n) is 6.28. The number of nitrogens with two attached hydrogens (primary N) is 1. The van der Waals surface area contributed by atoms with Gasteiger partial charge in [0.05, 0.1) is 11.2 Å². The number of halogens is 1. The number of rotatable bonds is 4. The van der Waals surface area contributed by atoms with Crippen LogP contribution >= 0.6 is 12.4 Å². The van der Waals surface area contributed by atoms with Crippen molar-refractivity contribution in [3.05, 3.63) is 42.1 Å². The first kappa shape index (κ1) is 14.9. The summed E-state index contributed by atoms with van der Waals surface area (Å²) in [6.45, 7) is 4.45. The Hall–Kier alpha value is -1.12. The standard InChI is InChI=1S/C15H20N2.ClH/c1-11(2)7-9-13(16)15-10-8-12-5-3-4-6-14(12)17-15;/h3-6,8,10-11,13H,7,9,16H2,1-2H3;1H/t13-;/m1./s1. The lowest BCUT2D eigenvalue weighted by molar-refractivity contribution is 0.502. The molecule has 0 amide bonds. The van der Waals surface area contributed by atoms with E-state index in [9.17, 15) is 0 Å². The highest BCUT2D eigenvalue weighted by molar-refractivity contribution is 5.85. The highest BCUT2D eigenvalue weighted by atomic mass is 35.5. The first-order chi connectivity index (χ1) is 8.16. The molecule has 1 aromatic carbocycles. The van der Waals surface area contributed by atoms with Gasteiger partial charge in [0.1, 0.15) is 0 Å². The molecule has 1 heterocycles. The highest BCUT2D eigenvalue weighted by Crippen LogP contribution is 2.19. The van der Waals surface area contributed by atoms with Crippen molar-refractivity contribution in [1.29, 1.82) is 0 Å². The minimum absolute atomic E-state index is 0. The zero-order valence-corrected chi connectivity index (χ0v) is 11.8. The number of fused-ring (bicyclic) bond motifs is 1. The van der Waals surface area contributed by atoms with Gasteiger partial charge in [0, 0.05) is 11.4 Å². The van der Waals surface area contributed by atoms with Crippen LogP contribution in [0.3, 0.4) is 0 Å². The molecule has 0 aliphatic rings. The molecule has 0 aliphatic heterocycles. The largest absolute Gasteiger partial charge is 0.323 e. The van der Waals surface area contributed by atoms with Gasteiger partial charge in [-0.05, 0) is 30.9 Å². The molecule has 2 aromatic rings. The average Bonchev–Trinajstić information content (AvgIpc) is 2.35. The van der Waals surface area contributed by atoms with Crippen molar-refractivity contribution in [1.82, 2.24) is 4.98 Å². The lowest BCUT2D eigenvalue weighted by atomic mass is 10.0. The van der Waals surface area contributed by atoms with Crippen LogP contribution < -0.4 is 5.73 Å². The average molecular weight is 265 g/mol. The Balaban J connectivity index is 0.00000162. The zero-order chi connectivity index (χ0) is 12.3. The number of hydrogen-bond acceptors (Lipinski definition) is 2. The molecule has 2 nitrogen and oxygen atoms in total. The van der Waals surface area contributed by atoms with Crippen LogP contribution in [0.25, 0.3) is 10.9 Å². The molecule has 0 bridgehead atoms. The third-order valence-corrected chi connectivity index (χ3v) is 3.05. The monoisotopic (exact) mass is 264 g/mol. The van der Waals surface area contributed by atoms with Gasteiger partial charge in [-0.3, -0.25) is 4.98 Å². The molecule has 18 heavy (non-hydrogen) atoms. The summed E-state index contributed by atoms with van der Waals surface area (Å²) in [6.07, 6.45) is 2.15. The van der Waals surface area contributed by atoms with Crippen molar-refractivity contribution in [3.8, 4) is 0 Å². The van der Waals surface area contributed by atoms with E-state index in [1.54, 1.807) is 0 Å². The van der Waals surface area contributed by atoms with Crippen LogP contribution in [0.2, 0.25) is 0 Å². The van der Waals surface area contributed by atoms with Crippen LogP contribution in [0.15, 0.2) is 36.4 Å². The second-order valence-electron chi connectivity index (χ2n) is 5.01. The van der Waals surface area contributed by atoms with Crippen LogP contribution in [0, 0.1) is 5.92 Å². The summed E-state index contributed by atoms with van der Waals surface area (Å²) >= 11 is 0. The van der Waals surface area contributed by atoms with E-state index in [4.69, 9.17) is 5.73 Å². The summed E-state index contributed by atoms with van der Waals surface area (Å²) in [4.78, 5) is 4.63. The summed E-state index contributed by atoms with van der Waals surface area (Å²) in [6, 6.07) is 12.4. The van der Waals surface area contributed by atoms with Gasteiger partial charge in [-0.1, -0.05) is 38.1 Å². The van der Waals surface area contributed by atoms with Crippen molar-refractivity contribution in [2.75, 3.05) is 0 Å². The number of pyridine rings is 1. The highest BCUT2D eigenvalue weighted by Gasteiger charge is 2.08. The second kappa shape index (κ2) is 6.72. The Morgan fingerprint density at radius 3 is 2.50 bits per heavy atom. The van der Waals surface area contributed by atoms with Gasteiger partial charge in [0.25, 0.3) is 0 Å². The summed E-state index contributed by atoms with van der Waals surface area (Å²) in [5.74, 6) is 0.696. The van der Waals surface area contributed by atoms with E-state index >= 15 is 0 Å². The van der Waals surface area contributed by atoms with Crippen LogP contribution in [0.1, 0.15) is 38.4 Å². The van der Waals surface area contributed by atoms with Crippen molar-refractivity contribution < 1.29 is 0 Å². The van der Waals surface area contributed by atoms with Gasteiger partial charge in [-0.15, -0.1) is 12.4 Å². The smallest absolute Gasteiger partial charge is 0.0706 e. The molecular weight excluding hydrogens is 244 g/mol. The molecule has 0 aliphatic carbocycles. The van der Waals surface area contributed by atoms with E-state index in [0.29, 0.717) is 5.92 Å². The Kier molecular flexibility index (Phi) is 5.57. The maximum atomic E-state index is 6.17. The summed E-state index contributed by atoms with van der Waals surface area (Å²) in [5, 5.41) is 1.17. The van der Waals surface area contributed by atoms with E-state index in [1.807, 2.05) is 24.3 Å². The number of aromatic nitrogens is 1. The van der Waals surface area contributed by atoms with Crippen molar-refractivity contribution in [2.45, 2.75) is 32.7 Å². The zero-order valence-electron chi connectivity index (χ0n) is 11.0. The lowest BCUT2D eigenvalue weighted by Gasteiger charge is -2.13. The number of benzene rings is 1. The van der Waals surface area contributed by atoms with Gasteiger partial charge in [0.15, 0.2) is 0 Å². The predicted molar refractivity (Wildman–Crippen MR) is 80.0 cm³/mol. The molecule has 2 N–H and O–H groups in total. The third-order valence-electron chi connectivity index (χ3n) is 3.05. The molecule has 2 rings (SSSR count). The fourth-order valence-corrected chi connectivity index (χ4v) is 1.95. The molecule has 0 saturated carbocycles. The number of nitrogens with zero attached hydrogens (tertiary/aromatic N) is 1. The van der Waals surface area contributed by atoms with Gasteiger partial charge in [0.2, 0.25) is 0 Å². The second-order valence-corrected chi connectivity index (χ2v) is 5.01. The molecule has 0 unspecified atom stereocenters. The maximum Gasteiger partial charge on any atom is 0.0706 e. The molecule has 0 spiro atoms. The van der Waals surface area contributed by atoms with E-state index < -0.39 is 0 Å². The van der Waals surface area contributed by atoms with E-state index in [1.165, 1.54) is 5.39 Å². The Labute approximate surface area is 115 Å². The Morgan fingerprint density at radius 1 is 1.06 bits per heavy atom. The molecule has 1 atom stereocenters. The minimum atomic E-state index is 0. The van der Waals surface area contributed by atoms with Gasteiger partial charge in [-0.2, -0.15) is 0 Å². The summed E-state index contributed by atoms with van der Waals surface area (Å²) in [7, 11) is 0. The Morgan fingerprint density at radius 2 is 1.78 bits per heavy atom. The van der Waals surface area contributed by atoms with Gasteiger partial charge < -0.3 is 5.73 Å². The van der Waals surface area contributed by atoms with E-state index in [0.717, 1.165) is 24.1 Å². The summed E-state index contributed by atoms with van der Waals surface area (Å²) < 4.78 is 0. The SMILES string of the molecule is CC(C)CC[C@@H](N)c1ccc2ccccc2n1.Cl. The molecule has 3 heteroatoms. The Bertz CT molecular complexity index is 497. The summed E-state index contributed by atoms with van der Waals surface area (Å²) in [5.41, 5.74) is 8.21. The van der Waals surface area contributed by atoms with Crippen LogP contribution in [-0.2, 0) is 0 Å². The molecule has 0 saturated heterocycles. The van der Waals surface area contributed by atoms with Gasteiger partial charge in [-0.25, -0.2) is 0 Å². The van der Waals surface area contributed by atoms with Crippen molar-refractivity contribution in [2.24, 2.45) is 11.7 Å². The van der Waals surface area contributed by atoms with Crippen molar-refractivity contribution >= 4 is 23.3 Å². The van der Waals surface area contributed by atoms with Crippen molar-refractivity contribution in [3.63, 3.8) is 0 Å². The molecule has 0 radical (unpaired) electrons. The van der Waals surface area contributed by atoms with Crippen LogP contribution in [0.4, 0.5) is 0 Å². The predicted octanol–water partition coefficient (Wildman–Crippen LogP) is 4.09. The van der Waals surface area contributed by atoms with Crippen LogP contribution in [-0.4, -0.2) is 4.98 Å².